The summed E-state index contributed by atoms with van der Waals surface area (Å²) in [5.41, 5.74) is 2.00. The molecular formula is C28H43NO4. The molecule has 4 fully saturated rings. The van der Waals surface area contributed by atoms with E-state index in [0.29, 0.717) is 18.1 Å². The molecule has 5 aliphatic rings. The summed E-state index contributed by atoms with van der Waals surface area (Å²) in [4.78, 5) is 27.2. The average Bonchev–Trinajstić information content (AvgIpc) is 3.16. The molecule has 0 aromatic heterocycles. The van der Waals surface area contributed by atoms with Gasteiger partial charge in [0.2, 0.25) is 0 Å². The highest BCUT2D eigenvalue weighted by atomic mass is 16.5. The van der Waals surface area contributed by atoms with Gasteiger partial charge in [0.25, 0.3) is 0 Å². The highest BCUT2D eigenvalue weighted by Gasteiger charge is 2.59. The number of Topliss-reactive ketones (excluding diaryl/α,β-unsaturated/α-hetero) is 1. The molecule has 1 heterocycles. The topological polar surface area (TPSA) is 55.8 Å². The molecule has 0 aromatic rings. The standard InChI is InChI=1S/C28H43NO4/c1-19(30)23-6-7-24-22-5-4-20-18-21(33-26(31)10-13-29-14-16-32-17-15-29)8-11-27(20,2)25(22)9-12-28(23,24)3/h4,21-25H,5-18H2,1-3H3/t21-,22-,23-,24+,25-,27-,28+/m0/s1. The van der Waals surface area contributed by atoms with Crippen LogP contribution in [0.25, 0.3) is 0 Å². The zero-order chi connectivity index (χ0) is 23.2. The fourth-order valence-electron chi connectivity index (χ4n) is 8.71. The first-order valence-corrected chi connectivity index (χ1v) is 13.5. The van der Waals surface area contributed by atoms with Crippen LogP contribution >= 0.6 is 0 Å². The van der Waals surface area contributed by atoms with Crippen LogP contribution in [0, 0.1) is 34.5 Å². The Hall–Kier alpha value is -1.20. The van der Waals surface area contributed by atoms with E-state index in [9.17, 15) is 9.59 Å². The molecule has 0 unspecified atom stereocenters. The largest absolute Gasteiger partial charge is 0.462 e. The summed E-state index contributed by atoms with van der Waals surface area (Å²) in [6.45, 7) is 10.9. The zero-order valence-electron chi connectivity index (χ0n) is 20.9. The zero-order valence-corrected chi connectivity index (χ0v) is 20.9. The minimum absolute atomic E-state index is 0.0421. The molecule has 0 spiro atoms. The summed E-state index contributed by atoms with van der Waals surface area (Å²) in [6.07, 6.45) is 12.0. The van der Waals surface area contributed by atoms with Crippen LogP contribution in [0.4, 0.5) is 0 Å². The summed E-state index contributed by atoms with van der Waals surface area (Å²) in [6, 6.07) is 0. The van der Waals surface area contributed by atoms with Crippen molar-refractivity contribution in [3.05, 3.63) is 11.6 Å². The minimum atomic E-state index is -0.0426. The number of ketones is 1. The van der Waals surface area contributed by atoms with E-state index in [2.05, 4.69) is 24.8 Å². The van der Waals surface area contributed by atoms with Gasteiger partial charge in [-0.2, -0.15) is 0 Å². The van der Waals surface area contributed by atoms with Crippen molar-refractivity contribution in [2.75, 3.05) is 32.8 Å². The molecule has 4 aliphatic carbocycles. The van der Waals surface area contributed by atoms with Crippen molar-refractivity contribution in [3.63, 3.8) is 0 Å². The van der Waals surface area contributed by atoms with Crippen molar-refractivity contribution in [3.8, 4) is 0 Å². The lowest BCUT2D eigenvalue weighted by Gasteiger charge is -2.58. The monoisotopic (exact) mass is 457 g/mol. The summed E-state index contributed by atoms with van der Waals surface area (Å²) < 4.78 is 11.4. The van der Waals surface area contributed by atoms with Crippen LogP contribution < -0.4 is 0 Å². The number of hydrogen-bond donors (Lipinski definition) is 0. The normalized spacial score (nSPS) is 43.1. The molecule has 0 aromatic carbocycles. The van der Waals surface area contributed by atoms with Crippen LogP contribution in [0.5, 0.6) is 0 Å². The number of carbonyl (C=O) groups is 2. The molecule has 5 nitrogen and oxygen atoms in total. The van der Waals surface area contributed by atoms with Gasteiger partial charge < -0.3 is 9.47 Å². The van der Waals surface area contributed by atoms with Crippen LogP contribution in [0.2, 0.25) is 0 Å². The Morgan fingerprint density at radius 1 is 1.09 bits per heavy atom. The first-order valence-electron chi connectivity index (χ1n) is 13.5. The Morgan fingerprint density at radius 3 is 2.64 bits per heavy atom. The molecule has 33 heavy (non-hydrogen) atoms. The third kappa shape index (κ3) is 4.22. The van der Waals surface area contributed by atoms with Gasteiger partial charge in [0, 0.05) is 32.0 Å². The number of fused-ring (bicyclic) bond motifs is 5. The molecule has 1 aliphatic heterocycles. The van der Waals surface area contributed by atoms with Gasteiger partial charge in [-0.3, -0.25) is 14.5 Å². The van der Waals surface area contributed by atoms with Gasteiger partial charge in [-0.1, -0.05) is 25.5 Å². The number of morpholine rings is 1. The van der Waals surface area contributed by atoms with E-state index in [1.54, 1.807) is 5.57 Å². The molecule has 5 rings (SSSR count). The number of esters is 1. The molecule has 1 saturated heterocycles. The Labute approximate surface area is 199 Å². The molecular weight excluding hydrogens is 414 g/mol. The number of ether oxygens (including phenoxy) is 2. The minimum Gasteiger partial charge on any atom is -0.462 e. The Morgan fingerprint density at radius 2 is 1.88 bits per heavy atom. The van der Waals surface area contributed by atoms with Crippen molar-refractivity contribution in [1.82, 2.24) is 4.90 Å². The third-order valence-electron chi connectivity index (χ3n) is 10.6. The Balaban J connectivity index is 1.21. The molecule has 0 radical (unpaired) electrons. The van der Waals surface area contributed by atoms with Crippen molar-refractivity contribution in [1.29, 1.82) is 0 Å². The Bertz CT molecular complexity index is 802. The number of allylic oxidation sites excluding steroid dienone is 1. The van der Waals surface area contributed by atoms with Gasteiger partial charge in [-0.05, 0) is 80.5 Å². The third-order valence-corrected chi connectivity index (χ3v) is 10.6. The van der Waals surface area contributed by atoms with E-state index < -0.39 is 0 Å². The van der Waals surface area contributed by atoms with Crippen molar-refractivity contribution in [2.45, 2.75) is 84.7 Å². The fourth-order valence-corrected chi connectivity index (χ4v) is 8.71. The highest BCUT2D eigenvalue weighted by Crippen LogP contribution is 2.66. The first-order chi connectivity index (χ1) is 15.8. The van der Waals surface area contributed by atoms with E-state index in [4.69, 9.17) is 9.47 Å². The van der Waals surface area contributed by atoms with Crippen LogP contribution in [0.3, 0.4) is 0 Å². The summed E-state index contributed by atoms with van der Waals surface area (Å²) in [5, 5.41) is 0. The maximum atomic E-state index is 12.5. The molecule has 5 heteroatoms. The predicted molar refractivity (Wildman–Crippen MR) is 128 cm³/mol. The lowest BCUT2D eigenvalue weighted by atomic mass is 9.47. The van der Waals surface area contributed by atoms with Gasteiger partial charge in [0.1, 0.15) is 11.9 Å². The second kappa shape index (κ2) is 9.11. The van der Waals surface area contributed by atoms with E-state index in [1.807, 2.05) is 6.92 Å². The van der Waals surface area contributed by atoms with Gasteiger partial charge in [-0.25, -0.2) is 0 Å². The van der Waals surface area contributed by atoms with Crippen LogP contribution in [-0.2, 0) is 19.1 Å². The van der Waals surface area contributed by atoms with Crippen LogP contribution in [0.15, 0.2) is 11.6 Å². The van der Waals surface area contributed by atoms with Gasteiger partial charge >= 0.3 is 5.97 Å². The summed E-state index contributed by atoms with van der Waals surface area (Å²) >= 11 is 0. The van der Waals surface area contributed by atoms with Crippen LogP contribution in [0.1, 0.15) is 78.6 Å². The molecule has 0 bridgehead atoms. The second-order valence-electron chi connectivity index (χ2n) is 12.1. The molecule has 0 amide bonds. The SMILES string of the molecule is CC(=O)[C@@H]1CC[C@@H]2[C@@H]3CC=C4C[C@@H](OC(=O)CCN5CCOCC5)CC[C@]4(C)[C@H]3CC[C@@]21C. The number of carbonyl (C=O) groups excluding carboxylic acids is 2. The predicted octanol–water partition coefficient (Wildman–Crippen LogP) is 4.79. The maximum Gasteiger partial charge on any atom is 0.307 e. The fraction of sp³-hybridized carbons (Fsp3) is 0.857. The lowest BCUT2D eigenvalue weighted by Crippen LogP contribution is -2.51. The van der Waals surface area contributed by atoms with E-state index in [0.717, 1.165) is 76.8 Å². The molecule has 0 N–H and O–H groups in total. The van der Waals surface area contributed by atoms with E-state index >= 15 is 0 Å². The van der Waals surface area contributed by atoms with Gasteiger partial charge in [0.15, 0.2) is 0 Å². The number of hydrogen-bond acceptors (Lipinski definition) is 5. The summed E-state index contributed by atoms with van der Waals surface area (Å²) in [7, 11) is 0. The van der Waals surface area contributed by atoms with Crippen LogP contribution in [-0.4, -0.2) is 55.6 Å². The maximum absolute atomic E-state index is 12.5. The number of rotatable bonds is 5. The van der Waals surface area contributed by atoms with Gasteiger partial charge in [-0.15, -0.1) is 0 Å². The highest BCUT2D eigenvalue weighted by molar-refractivity contribution is 5.79. The quantitative estimate of drug-likeness (QED) is 0.439. The molecule has 3 saturated carbocycles. The lowest BCUT2D eigenvalue weighted by molar-refractivity contribution is -0.152. The van der Waals surface area contributed by atoms with E-state index in [1.165, 1.54) is 19.3 Å². The second-order valence-corrected chi connectivity index (χ2v) is 12.1. The van der Waals surface area contributed by atoms with Crippen molar-refractivity contribution in [2.24, 2.45) is 34.5 Å². The van der Waals surface area contributed by atoms with Crippen molar-refractivity contribution < 1.29 is 19.1 Å². The van der Waals surface area contributed by atoms with Crippen molar-refractivity contribution >= 4 is 11.8 Å². The summed E-state index contributed by atoms with van der Waals surface area (Å²) in [5.74, 6) is 2.77. The van der Waals surface area contributed by atoms with E-state index in [-0.39, 0.29) is 28.8 Å². The molecule has 7 atom stereocenters. The number of nitrogens with zero attached hydrogens (tertiary/aromatic N) is 1. The Kier molecular flexibility index (Phi) is 6.50. The molecule has 184 valence electrons. The average molecular weight is 458 g/mol. The smallest absolute Gasteiger partial charge is 0.307 e. The van der Waals surface area contributed by atoms with Gasteiger partial charge in [0.05, 0.1) is 19.6 Å². The first kappa shape index (κ1) is 23.5.